The van der Waals surface area contributed by atoms with Crippen LogP contribution < -0.4 is 18.9 Å². The molecule has 12 heteroatoms. The topological polar surface area (TPSA) is 142 Å². The van der Waals surface area contributed by atoms with Gasteiger partial charge in [0.2, 0.25) is 0 Å². The molecular formula is C34H36O12. The fourth-order valence-corrected chi connectivity index (χ4v) is 3.35. The molecule has 0 radical (unpaired) electrons. The minimum Gasteiger partial charge on any atom is -0.490 e. The van der Waals surface area contributed by atoms with E-state index in [0.29, 0.717) is 34.1 Å². The van der Waals surface area contributed by atoms with Crippen molar-refractivity contribution in [2.75, 3.05) is 52.9 Å². The van der Waals surface area contributed by atoms with Crippen LogP contribution in [0.25, 0.3) is 12.2 Å². The highest BCUT2D eigenvalue weighted by atomic mass is 16.6. The van der Waals surface area contributed by atoms with Crippen LogP contribution in [0.2, 0.25) is 0 Å². The summed E-state index contributed by atoms with van der Waals surface area (Å²) in [5.74, 6) is -0.546. The van der Waals surface area contributed by atoms with Crippen molar-refractivity contribution in [2.45, 2.75) is 0 Å². The summed E-state index contributed by atoms with van der Waals surface area (Å²) >= 11 is 0. The second-order valence-corrected chi connectivity index (χ2v) is 8.69. The Kier molecular flexibility index (Phi) is 16.6. The molecule has 0 saturated heterocycles. The van der Waals surface area contributed by atoms with Gasteiger partial charge in [0.15, 0.2) is 0 Å². The van der Waals surface area contributed by atoms with Gasteiger partial charge in [0, 0.05) is 36.4 Å². The van der Waals surface area contributed by atoms with E-state index in [2.05, 4.69) is 26.3 Å². The van der Waals surface area contributed by atoms with Crippen molar-refractivity contribution in [1.29, 1.82) is 0 Å². The van der Waals surface area contributed by atoms with Gasteiger partial charge in [0.25, 0.3) is 0 Å². The van der Waals surface area contributed by atoms with E-state index in [9.17, 15) is 19.2 Å². The predicted octanol–water partition coefficient (Wildman–Crippen LogP) is 4.29. The van der Waals surface area contributed by atoms with Gasteiger partial charge in [0.1, 0.15) is 75.9 Å². The Hall–Kier alpha value is -5.78. The summed E-state index contributed by atoms with van der Waals surface area (Å²) in [5.41, 5.74) is 1.36. The van der Waals surface area contributed by atoms with E-state index in [0.717, 1.165) is 24.3 Å². The minimum absolute atomic E-state index is 0.00770. The summed E-state index contributed by atoms with van der Waals surface area (Å²) in [6.45, 7) is 13.7. The molecule has 0 saturated carbocycles. The van der Waals surface area contributed by atoms with E-state index in [4.69, 9.17) is 37.9 Å². The zero-order valence-corrected chi connectivity index (χ0v) is 25.3. The molecule has 0 unspecified atom stereocenters. The molecule has 0 spiro atoms. The van der Waals surface area contributed by atoms with Crippen LogP contribution in [0.4, 0.5) is 0 Å². The van der Waals surface area contributed by atoms with Gasteiger partial charge in [-0.15, -0.1) is 0 Å². The highest BCUT2D eigenvalue weighted by Gasteiger charge is 2.07. The first-order valence-electron chi connectivity index (χ1n) is 13.9. The van der Waals surface area contributed by atoms with Crippen LogP contribution in [0.5, 0.6) is 23.0 Å². The summed E-state index contributed by atoms with van der Waals surface area (Å²) in [4.78, 5) is 45.2. The maximum absolute atomic E-state index is 11.3. The number of esters is 4. The third kappa shape index (κ3) is 15.1. The molecule has 0 aliphatic heterocycles. The molecule has 0 atom stereocenters. The van der Waals surface area contributed by atoms with Crippen LogP contribution >= 0.6 is 0 Å². The molecule has 0 aromatic heterocycles. The van der Waals surface area contributed by atoms with E-state index in [1.807, 2.05) is 0 Å². The fraction of sp³-hybridized carbons (Fsp3) is 0.235. The Morgan fingerprint density at radius 3 is 0.870 bits per heavy atom. The van der Waals surface area contributed by atoms with Crippen LogP contribution in [0, 0.1) is 0 Å². The molecule has 12 nitrogen and oxygen atoms in total. The van der Waals surface area contributed by atoms with Crippen molar-refractivity contribution < 1.29 is 57.1 Å². The Bertz CT molecular complexity index is 1210. The van der Waals surface area contributed by atoms with E-state index in [1.54, 1.807) is 48.6 Å². The van der Waals surface area contributed by atoms with E-state index >= 15 is 0 Å². The van der Waals surface area contributed by atoms with Crippen LogP contribution in [0.3, 0.4) is 0 Å². The number of carbonyl (C=O) groups is 4. The molecule has 46 heavy (non-hydrogen) atoms. The lowest BCUT2D eigenvalue weighted by Gasteiger charge is -2.12. The smallest absolute Gasteiger partial charge is 0.330 e. The summed E-state index contributed by atoms with van der Waals surface area (Å²) in [7, 11) is 0. The fourth-order valence-electron chi connectivity index (χ4n) is 3.35. The number of hydrogen-bond acceptors (Lipinski definition) is 12. The molecule has 0 aliphatic rings. The van der Waals surface area contributed by atoms with Gasteiger partial charge in [0.05, 0.1) is 0 Å². The van der Waals surface area contributed by atoms with Crippen molar-refractivity contribution in [3.05, 3.63) is 98.1 Å². The quantitative estimate of drug-likeness (QED) is 0.0598. The van der Waals surface area contributed by atoms with Gasteiger partial charge in [-0.3, -0.25) is 0 Å². The molecule has 0 bridgehead atoms. The van der Waals surface area contributed by atoms with E-state index in [-0.39, 0.29) is 52.9 Å². The van der Waals surface area contributed by atoms with Crippen molar-refractivity contribution in [2.24, 2.45) is 0 Å². The maximum Gasteiger partial charge on any atom is 0.330 e. The Labute approximate surface area is 267 Å². The van der Waals surface area contributed by atoms with Gasteiger partial charge < -0.3 is 37.9 Å². The monoisotopic (exact) mass is 636 g/mol. The van der Waals surface area contributed by atoms with Crippen LogP contribution in [0.15, 0.2) is 87.0 Å². The zero-order valence-electron chi connectivity index (χ0n) is 25.3. The molecule has 0 amide bonds. The van der Waals surface area contributed by atoms with Gasteiger partial charge >= 0.3 is 23.9 Å². The molecule has 0 N–H and O–H groups in total. The first-order valence-corrected chi connectivity index (χ1v) is 13.9. The van der Waals surface area contributed by atoms with Crippen LogP contribution in [-0.2, 0) is 38.1 Å². The van der Waals surface area contributed by atoms with Gasteiger partial charge in [-0.2, -0.15) is 0 Å². The standard InChI is InChI=1S/C34H36O12/c1-5-31(35)43-15-11-39-27-19-25(20-28(23-27)40-12-16-44-32(36)6-2)9-10-26-21-29(41-13-17-45-33(37)7-3)24-30(22-26)42-14-18-46-34(38)8-4/h5-10,19-24H,1-4,11-18H2. The van der Waals surface area contributed by atoms with E-state index in [1.165, 1.54) is 0 Å². The molecule has 2 rings (SSSR count). The van der Waals surface area contributed by atoms with Crippen molar-refractivity contribution in [1.82, 2.24) is 0 Å². The lowest BCUT2D eigenvalue weighted by molar-refractivity contribution is -0.139. The number of carbonyl (C=O) groups excluding carboxylic acids is 4. The molecule has 0 fully saturated rings. The van der Waals surface area contributed by atoms with Crippen molar-refractivity contribution in [3.63, 3.8) is 0 Å². The summed E-state index contributed by atoms with van der Waals surface area (Å²) in [5, 5.41) is 0. The highest BCUT2D eigenvalue weighted by Crippen LogP contribution is 2.27. The number of rotatable bonds is 22. The Morgan fingerprint density at radius 1 is 0.413 bits per heavy atom. The zero-order chi connectivity index (χ0) is 33.6. The number of hydrogen-bond donors (Lipinski definition) is 0. The Morgan fingerprint density at radius 2 is 0.652 bits per heavy atom. The molecule has 0 aliphatic carbocycles. The largest absolute Gasteiger partial charge is 0.490 e. The lowest BCUT2D eigenvalue weighted by Crippen LogP contribution is -2.11. The predicted molar refractivity (Wildman–Crippen MR) is 168 cm³/mol. The van der Waals surface area contributed by atoms with Gasteiger partial charge in [-0.1, -0.05) is 38.5 Å². The van der Waals surface area contributed by atoms with Gasteiger partial charge in [-0.25, -0.2) is 19.2 Å². The number of ether oxygens (including phenoxy) is 8. The first kappa shape index (κ1) is 36.4. The minimum atomic E-state index is -0.566. The second-order valence-electron chi connectivity index (χ2n) is 8.69. The van der Waals surface area contributed by atoms with Crippen molar-refractivity contribution >= 4 is 36.0 Å². The highest BCUT2D eigenvalue weighted by molar-refractivity contribution is 5.82. The SMILES string of the molecule is C=CC(=O)OCCOc1cc(C=Cc2cc(OCCOC(=O)C=C)cc(OCCOC(=O)C=C)c2)cc(OCCOC(=O)C=C)c1. The maximum atomic E-state index is 11.3. The summed E-state index contributed by atoms with van der Waals surface area (Å²) in [6, 6.07) is 10.3. The molecular weight excluding hydrogens is 600 g/mol. The van der Waals surface area contributed by atoms with Crippen molar-refractivity contribution in [3.8, 4) is 23.0 Å². The van der Waals surface area contributed by atoms with Crippen LogP contribution in [0.1, 0.15) is 11.1 Å². The Balaban J connectivity index is 2.24. The summed E-state index contributed by atoms with van der Waals surface area (Å²) in [6.07, 6.45) is 7.81. The molecule has 2 aromatic rings. The third-order valence-corrected chi connectivity index (χ3v) is 5.33. The summed E-state index contributed by atoms with van der Waals surface area (Å²) < 4.78 is 42.8. The first-order chi connectivity index (χ1) is 22.3. The third-order valence-electron chi connectivity index (χ3n) is 5.33. The number of benzene rings is 2. The normalized spacial score (nSPS) is 10.2. The lowest BCUT2D eigenvalue weighted by atomic mass is 10.1. The molecule has 2 aromatic carbocycles. The molecule has 0 heterocycles. The van der Waals surface area contributed by atoms with E-state index < -0.39 is 23.9 Å². The average Bonchev–Trinajstić information content (AvgIpc) is 3.07. The van der Waals surface area contributed by atoms with Gasteiger partial charge in [-0.05, 0) is 35.4 Å². The second kappa shape index (κ2) is 21.0. The average molecular weight is 637 g/mol. The molecule has 244 valence electrons. The van der Waals surface area contributed by atoms with Crippen LogP contribution in [-0.4, -0.2) is 76.7 Å².